The standard InChI is InChI=1S/C16H25NO2/c1-5-13-6-8-14(9-7-13)10-11-17(4)12-16(2,3)15(18)19/h6-9H,5,10-12H2,1-4H3,(H,18,19). The maximum absolute atomic E-state index is 11.1. The number of hydrogen-bond donors (Lipinski definition) is 1. The quantitative estimate of drug-likeness (QED) is 0.822. The Labute approximate surface area is 116 Å². The number of aryl methyl sites for hydroxylation is 1. The lowest BCUT2D eigenvalue weighted by atomic mass is 9.93. The Morgan fingerprint density at radius 3 is 2.21 bits per heavy atom. The maximum Gasteiger partial charge on any atom is 0.310 e. The lowest BCUT2D eigenvalue weighted by Crippen LogP contribution is -2.38. The molecule has 19 heavy (non-hydrogen) atoms. The van der Waals surface area contributed by atoms with E-state index >= 15 is 0 Å². The minimum atomic E-state index is -0.744. The number of hydrogen-bond acceptors (Lipinski definition) is 2. The van der Waals surface area contributed by atoms with Gasteiger partial charge in [-0.3, -0.25) is 4.79 Å². The van der Waals surface area contributed by atoms with E-state index in [0.717, 1.165) is 19.4 Å². The zero-order valence-electron chi connectivity index (χ0n) is 12.4. The predicted octanol–water partition coefficient (Wildman–Crippen LogP) is 2.83. The lowest BCUT2D eigenvalue weighted by molar-refractivity contribution is -0.147. The average molecular weight is 263 g/mol. The average Bonchev–Trinajstić information content (AvgIpc) is 2.36. The van der Waals surface area contributed by atoms with E-state index in [0.29, 0.717) is 6.54 Å². The van der Waals surface area contributed by atoms with Gasteiger partial charge in [0.2, 0.25) is 0 Å². The van der Waals surface area contributed by atoms with E-state index in [-0.39, 0.29) is 0 Å². The highest BCUT2D eigenvalue weighted by Gasteiger charge is 2.28. The molecule has 0 bridgehead atoms. The number of carboxylic acid groups (broad SMARTS) is 1. The smallest absolute Gasteiger partial charge is 0.310 e. The predicted molar refractivity (Wildman–Crippen MR) is 78.4 cm³/mol. The van der Waals surface area contributed by atoms with E-state index in [9.17, 15) is 4.79 Å². The number of carbonyl (C=O) groups is 1. The first-order valence-corrected chi connectivity index (χ1v) is 6.85. The number of benzene rings is 1. The van der Waals surface area contributed by atoms with Crippen molar-refractivity contribution >= 4 is 5.97 Å². The van der Waals surface area contributed by atoms with Gasteiger partial charge in [-0.2, -0.15) is 0 Å². The van der Waals surface area contributed by atoms with Gasteiger partial charge in [0.15, 0.2) is 0 Å². The fourth-order valence-corrected chi connectivity index (χ4v) is 2.08. The number of nitrogens with zero attached hydrogens (tertiary/aromatic N) is 1. The summed E-state index contributed by atoms with van der Waals surface area (Å²) >= 11 is 0. The number of rotatable bonds is 7. The molecule has 1 rings (SSSR count). The molecule has 0 heterocycles. The first kappa shape index (κ1) is 15.7. The molecule has 0 saturated heterocycles. The van der Waals surface area contributed by atoms with Crippen LogP contribution in [-0.4, -0.2) is 36.1 Å². The highest BCUT2D eigenvalue weighted by Crippen LogP contribution is 2.16. The Morgan fingerprint density at radius 2 is 1.74 bits per heavy atom. The van der Waals surface area contributed by atoms with Gasteiger partial charge in [0, 0.05) is 13.1 Å². The van der Waals surface area contributed by atoms with Gasteiger partial charge in [0.05, 0.1) is 5.41 Å². The third-order valence-corrected chi connectivity index (χ3v) is 3.46. The molecule has 0 amide bonds. The van der Waals surface area contributed by atoms with Crippen molar-refractivity contribution in [1.82, 2.24) is 4.90 Å². The van der Waals surface area contributed by atoms with Crippen molar-refractivity contribution in [3.05, 3.63) is 35.4 Å². The van der Waals surface area contributed by atoms with Gasteiger partial charge in [0.25, 0.3) is 0 Å². The molecular formula is C16H25NO2. The lowest BCUT2D eigenvalue weighted by Gasteiger charge is -2.26. The molecule has 0 aliphatic rings. The number of aliphatic carboxylic acids is 1. The fourth-order valence-electron chi connectivity index (χ4n) is 2.08. The van der Waals surface area contributed by atoms with Crippen LogP contribution in [0.1, 0.15) is 31.9 Å². The molecule has 1 N–H and O–H groups in total. The van der Waals surface area contributed by atoms with Crippen LogP contribution in [0.25, 0.3) is 0 Å². The van der Waals surface area contributed by atoms with Gasteiger partial charge in [0.1, 0.15) is 0 Å². The summed E-state index contributed by atoms with van der Waals surface area (Å²) in [5, 5.41) is 9.11. The van der Waals surface area contributed by atoms with Crippen molar-refractivity contribution in [3.8, 4) is 0 Å². The SMILES string of the molecule is CCc1ccc(CCN(C)CC(C)(C)C(=O)O)cc1. The molecule has 0 aromatic heterocycles. The van der Waals surface area contributed by atoms with E-state index in [1.54, 1.807) is 13.8 Å². The molecule has 0 fully saturated rings. The molecule has 3 heteroatoms. The summed E-state index contributed by atoms with van der Waals surface area (Å²) in [4.78, 5) is 13.2. The normalized spacial score (nSPS) is 11.8. The molecule has 1 aromatic carbocycles. The molecule has 106 valence electrons. The van der Waals surface area contributed by atoms with Crippen LogP contribution in [0.3, 0.4) is 0 Å². The van der Waals surface area contributed by atoms with Crippen molar-refractivity contribution < 1.29 is 9.90 Å². The molecular weight excluding hydrogens is 238 g/mol. The second-order valence-corrected chi connectivity index (χ2v) is 5.85. The summed E-state index contributed by atoms with van der Waals surface area (Å²) in [6, 6.07) is 8.65. The first-order chi connectivity index (χ1) is 8.85. The Bertz CT molecular complexity index is 409. The summed E-state index contributed by atoms with van der Waals surface area (Å²) in [5.41, 5.74) is 1.96. The van der Waals surface area contributed by atoms with Crippen molar-refractivity contribution in [1.29, 1.82) is 0 Å². The largest absolute Gasteiger partial charge is 0.481 e. The zero-order chi connectivity index (χ0) is 14.5. The van der Waals surface area contributed by atoms with E-state index in [4.69, 9.17) is 5.11 Å². The van der Waals surface area contributed by atoms with Crippen LogP contribution < -0.4 is 0 Å². The van der Waals surface area contributed by atoms with Crippen LogP contribution in [0.4, 0.5) is 0 Å². The van der Waals surface area contributed by atoms with Gasteiger partial charge < -0.3 is 10.0 Å². The molecule has 0 atom stereocenters. The second kappa shape index (κ2) is 6.71. The Hall–Kier alpha value is -1.35. The van der Waals surface area contributed by atoms with Crippen molar-refractivity contribution in [2.45, 2.75) is 33.6 Å². The fraction of sp³-hybridized carbons (Fsp3) is 0.562. The van der Waals surface area contributed by atoms with Crippen LogP contribution in [0.2, 0.25) is 0 Å². The number of carboxylic acids is 1. The minimum absolute atomic E-state index is 0.565. The van der Waals surface area contributed by atoms with E-state index in [2.05, 4.69) is 36.1 Å². The Balaban J connectivity index is 2.45. The zero-order valence-corrected chi connectivity index (χ0v) is 12.4. The highest BCUT2D eigenvalue weighted by molar-refractivity contribution is 5.73. The van der Waals surface area contributed by atoms with Crippen LogP contribution in [0, 0.1) is 5.41 Å². The first-order valence-electron chi connectivity index (χ1n) is 6.85. The van der Waals surface area contributed by atoms with E-state index in [1.807, 2.05) is 7.05 Å². The molecule has 3 nitrogen and oxygen atoms in total. The van der Waals surface area contributed by atoms with Crippen LogP contribution in [0.15, 0.2) is 24.3 Å². The monoisotopic (exact) mass is 263 g/mol. The van der Waals surface area contributed by atoms with Crippen LogP contribution >= 0.6 is 0 Å². The Morgan fingerprint density at radius 1 is 1.21 bits per heavy atom. The molecule has 0 radical (unpaired) electrons. The molecule has 0 unspecified atom stereocenters. The Kier molecular flexibility index (Phi) is 5.55. The van der Waals surface area contributed by atoms with E-state index in [1.165, 1.54) is 11.1 Å². The minimum Gasteiger partial charge on any atom is -0.481 e. The summed E-state index contributed by atoms with van der Waals surface area (Å²) < 4.78 is 0. The summed E-state index contributed by atoms with van der Waals surface area (Å²) in [5.74, 6) is -0.744. The van der Waals surface area contributed by atoms with Gasteiger partial charge >= 0.3 is 5.97 Å². The van der Waals surface area contributed by atoms with Crippen LogP contribution in [0.5, 0.6) is 0 Å². The molecule has 0 aliphatic carbocycles. The summed E-state index contributed by atoms with van der Waals surface area (Å²) in [7, 11) is 1.98. The summed E-state index contributed by atoms with van der Waals surface area (Å²) in [6.07, 6.45) is 2.02. The highest BCUT2D eigenvalue weighted by atomic mass is 16.4. The van der Waals surface area contributed by atoms with Crippen molar-refractivity contribution in [2.24, 2.45) is 5.41 Å². The van der Waals surface area contributed by atoms with Gasteiger partial charge in [-0.05, 0) is 44.9 Å². The molecule has 0 saturated carbocycles. The van der Waals surface area contributed by atoms with Crippen LogP contribution in [-0.2, 0) is 17.6 Å². The maximum atomic E-state index is 11.1. The molecule has 1 aromatic rings. The van der Waals surface area contributed by atoms with Gasteiger partial charge in [-0.25, -0.2) is 0 Å². The van der Waals surface area contributed by atoms with E-state index < -0.39 is 11.4 Å². The van der Waals surface area contributed by atoms with Crippen molar-refractivity contribution in [2.75, 3.05) is 20.1 Å². The topological polar surface area (TPSA) is 40.5 Å². The molecule has 0 spiro atoms. The third kappa shape index (κ3) is 5.03. The van der Waals surface area contributed by atoms with Crippen molar-refractivity contribution in [3.63, 3.8) is 0 Å². The van der Waals surface area contributed by atoms with Gasteiger partial charge in [-0.1, -0.05) is 31.2 Å². The summed E-state index contributed by atoms with van der Waals surface area (Å²) in [6.45, 7) is 7.12. The number of likely N-dealkylation sites (N-methyl/N-ethyl adjacent to an activating group) is 1. The second-order valence-electron chi connectivity index (χ2n) is 5.85. The third-order valence-electron chi connectivity index (χ3n) is 3.46. The van der Waals surface area contributed by atoms with Gasteiger partial charge in [-0.15, -0.1) is 0 Å². The molecule has 0 aliphatic heterocycles.